The molecule has 1 aliphatic rings. The zero-order valence-electron chi connectivity index (χ0n) is 21.0. The van der Waals surface area contributed by atoms with E-state index in [1.165, 1.54) is 30.9 Å². The Kier molecular flexibility index (Phi) is 6.92. The number of halogens is 3. The van der Waals surface area contributed by atoms with E-state index >= 15 is 0 Å². The third-order valence-electron chi connectivity index (χ3n) is 6.32. The average Bonchev–Trinajstić information content (AvgIpc) is 2.85. The molecule has 5 N–H and O–H groups in total. The molecule has 0 aliphatic carbocycles. The molecule has 1 unspecified atom stereocenters. The van der Waals surface area contributed by atoms with Crippen molar-refractivity contribution in [1.82, 2.24) is 15.3 Å². The van der Waals surface area contributed by atoms with Gasteiger partial charge >= 0.3 is 6.18 Å². The molecule has 38 heavy (non-hydrogen) atoms. The van der Waals surface area contributed by atoms with Crippen LogP contribution >= 0.6 is 0 Å². The number of fused-ring (bicyclic) bond motifs is 1. The molecule has 1 aliphatic heterocycles. The van der Waals surface area contributed by atoms with Crippen molar-refractivity contribution in [3.8, 4) is 16.9 Å². The predicted octanol–water partition coefficient (Wildman–Crippen LogP) is 3.67. The summed E-state index contributed by atoms with van der Waals surface area (Å²) in [7, 11) is 0. The number of nitrogens with zero attached hydrogens (tertiary/aromatic N) is 3. The van der Waals surface area contributed by atoms with Crippen LogP contribution in [0.3, 0.4) is 0 Å². The maximum absolute atomic E-state index is 13.9. The first-order chi connectivity index (χ1) is 17.8. The quantitative estimate of drug-likeness (QED) is 0.444. The van der Waals surface area contributed by atoms with Gasteiger partial charge in [-0.25, -0.2) is 4.98 Å². The van der Waals surface area contributed by atoms with Crippen molar-refractivity contribution >= 4 is 29.3 Å². The number of benzene rings is 2. The molecule has 0 bridgehead atoms. The van der Waals surface area contributed by atoms with Crippen LogP contribution in [0.5, 0.6) is 5.75 Å². The molecule has 12 heteroatoms. The maximum atomic E-state index is 13.9. The number of aryl methyl sites for hydroxylation is 1. The topological polar surface area (TPSA) is 136 Å². The lowest BCUT2D eigenvalue weighted by Crippen LogP contribution is -2.54. The van der Waals surface area contributed by atoms with Crippen molar-refractivity contribution in [1.29, 1.82) is 0 Å². The van der Waals surface area contributed by atoms with Gasteiger partial charge in [0.05, 0.1) is 16.9 Å². The molecule has 2 heterocycles. The Morgan fingerprint density at radius 1 is 1.16 bits per heavy atom. The average molecular weight is 529 g/mol. The molecule has 9 nitrogen and oxygen atoms in total. The van der Waals surface area contributed by atoms with Crippen molar-refractivity contribution in [2.75, 3.05) is 29.5 Å². The van der Waals surface area contributed by atoms with Crippen LogP contribution in [-0.2, 0) is 27.8 Å². The van der Waals surface area contributed by atoms with E-state index < -0.39 is 23.2 Å². The van der Waals surface area contributed by atoms with Gasteiger partial charge in [0.1, 0.15) is 11.6 Å². The molecule has 2 amide bonds. The van der Waals surface area contributed by atoms with E-state index in [0.29, 0.717) is 28.9 Å². The zero-order chi connectivity index (χ0) is 27.8. The lowest BCUT2D eigenvalue weighted by atomic mass is 9.90. The summed E-state index contributed by atoms with van der Waals surface area (Å²) in [6.07, 6.45) is -4.08. The SMILES string of the molecule is CCc1nc(N)nc(N)c1-c1ccc2c(c1)N(CCNC(C)=O)C(=O)C(C)(c1cccc(C(F)(F)F)c1)O2. The molecular formula is C26H27F3N6O3. The fourth-order valence-electron chi connectivity index (χ4n) is 4.46. The van der Waals surface area contributed by atoms with E-state index in [0.717, 1.165) is 12.1 Å². The molecule has 1 aromatic heterocycles. The minimum absolute atomic E-state index is 0.0355. The molecular weight excluding hydrogens is 501 g/mol. The number of carbonyl (C=O) groups is 2. The number of anilines is 3. The number of hydrogen-bond acceptors (Lipinski definition) is 7. The van der Waals surface area contributed by atoms with Gasteiger partial charge in [-0.1, -0.05) is 25.1 Å². The Bertz CT molecular complexity index is 1410. The summed E-state index contributed by atoms with van der Waals surface area (Å²) in [6, 6.07) is 9.48. The Morgan fingerprint density at radius 2 is 1.89 bits per heavy atom. The smallest absolute Gasteiger partial charge is 0.416 e. The second-order valence-corrected chi connectivity index (χ2v) is 8.98. The van der Waals surface area contributed by atoms with E-state index in [-0.39, 0.29) is 42.1 Å². The van der Waals surface area contributed by atoms with Gasteiger partial charge in [-0.3, -0.25) is 9.59 Å². The molecule has 0 radical (unpaired) electrons. The van der Waals surface area contributed by atoms with Crippen molar-refractivity contribution in [2.45, 2.75) is 39.0 Å². The maximum Gasteiger partial charge on any atom is 0.416 e. The highest BCUT2D eigenvalue weighted by Crippen LogP contribution is 2.45. The van der Waals surface area contributed by atoms with Gasteiger partial charge in [0.25, 0.3) is 5.91 Å². The van der Waals surface area contributed by atoms with Crippen LogP contribution in [0.25, 0.3) is 11.1 Å². The summed E-state index contributed by atoms with van der Waals surface area (Å²) >= 11 is 0. The summed E-state index contributed by atoms with van der Waals surface area (Å²) in [4.78, 5) is 35.1. The van der Waals surface area contributed by atoms with Crippen molar-refractivity contribution < 1.29 is 27.5 Å². The van der Waals surface area contributed by atoms with E-state index in [1.807, 2.05) is 6.92 Å². The Labute approximate surface area is 217 Å². The van der Waals surface area contributed by atoms with Crippen LogP contribution < -0.4 is 26.4 Å². The van der Waals surface area contributed by atoms with Gasteiger partial charge in [-0.05, 0) is 43.2 Å². The second kappa shape index (κ2) is 9.84. The highest BCUT2D eigenvalue weighted by Gasteiger charge is 2.47. The van der Waals surface area contributed by atoms with Gasteiger partial charge in [-0.15, -0.1) is 0 Å². The van der Waals surface area contributed by atoms with Crippen LogP contribution in [0.15, 0.2) is 42.5 Å². The third kappa shape index (κ3) is 4.93. The normalized spacial score (nSPS) is 17.1. The molecule has 0 saturated heterocycles. The van der Waals surface area contributed by atoms with E-state index in [9.17, 15) is 22.8 Å². The van der Waals surface area contributed by atoms with Gasteiger partial charge < -0.3 is 26.4 Å². The number of carbonyl (C=O) groups excluding carboxylic acids is 2. The van der Waals surface area contributed by atoms with Crippen LogP contribution in [0, 0.1) is 0 Å². The van der Waals surface area contributed by atoms with Crippen LogP contribution in [0.1, 0.15) is 37.6 Å². The monoisotopic (exact) mass is 528 g/mol. The molecule has 0 fully saturated rings. The molecule has 200 valence electrons. The fourth-order valence-corrected chi connectivity index (χ4v) is 4.46. The lowest BCUT2D eigenvalue weighted by Gasteiger charge is -2.41. The molecule has 0 spiro atoms. The van der Waals surface area contributed by atoms with Gasteiger partial charge in [0, 0.05) is 31.1 Å². The highest BCUT2D eigenvalue weighted by molar-refractivity contribution is 6.04. The summed E-state index contributed by atoms with van der Waals surface area (Å²) in [5.41, 5.74) is 11.4. The minimum Gasteiger partial charge on any atom is -0.471 e. The third-order valence-corrected chi connectivity index (χ3v) is 6.32. The van der Waals surface area contributed by atoms with Crippen LogP contribution in [-0.4, -0.2) is 34.9 Å². The largest absolute Gasteiger partial charge is 0.471 e. The number of nitrogen functional groups attached to an aromatic ring is 2. The van der Waals surface area contributed by atoms with Crippen LogP contribution in [0.2, 0.25) is 0 Å². The summed E-state index contributed by atoms with van der Waals surface area (Å²) < 4.78 is 46.4. The lowest BCUT2D eigenvalue weighted by molar-refractivity contribution is -0.139. The predicted molar refractivity (Wildman–Crippen MR) is 136 cm³/mol. The molecule has 2 aromatic carbocycles. The number of nitrogens with two attached hydrogens (primary N) is 2. The summed E-state index contributed by atoms with van der Waals surface area (Å²) in [5, 5.41) is 2.64. The van der Waals surface area contributed by atoms with Crippen LogP contribution in [0.4, 0.5) is 30.6 Å². The number of amides is 2. The first kappa shape index (κ1) is 26.7. The number of nitrogens with one attached hydrogen (secondary N) is 1. The summed E-state index contributed by atoms with van der Waals surface area (Å²) in [6.45, 7) is 4.80. The zero-order valence-corrected chi connectivity index (χ0v) is 21.0. The number of hydrogen-bond donors (Lipinski definition) is 3. The van der Waals surface area contributed by atoms with Gasteiger partial charge in [-0.2, -0.15) is 18.2 Å². The highest BCUT2D eigenvalue weighted by atomic mass is 19.4. The van der Waals surface area contributed by atoms with Gasteiger partial charge in [0.15, 0.2) is 0 Å². The number of alkyl halides is 3. The Morgan fingerprint density at radius 3 is 2.55 bits per heavy atom. The molecule has 4 rings (SSSR count). The van der Waals surface area contributed by atoms with E-state index in [4.69, 9.17) is 16.2 Å². The first-order valence-electron chi connectivity index (χ1n) is 11.8. The van der Waals surface area contributed by atoms with Crippen molar-refractivity contribution in [2.24, 2.45) is 0 Å². The number of ether oxygens (including phenoxy) is 1. The Hall–Kier alpha value is -4.35. The summed E-state index contributed by atoms with van der Waals surface area (Å²) in [5.74, 6) is -0.419. The van der Waals surface area contributed by atoms with Crippen molar-refractivity contribution in [3.05, 3.63) is 59.3 Å². The van der Waals surface area contributed by atoms with Crippen molar-refractivity contribution in [3.63, 3.8) is 0 Å². The van der Waals surface area contributed by atoms with Gasteiger partial charge in [0.2, 0.25) is 17.5 Å². The fraction of sp³-hybridized carbons (Fsp3) is 0.308. The number of aromatic nitrogens is 2. The second-order valence-electron chi connectivity index (χ2n) is 8.98. The number of rotatable bonds is 6. The first-order valence-corrected chi connectivity index (χ1v) is 11.8. The molecule has 3 aromatic rings. The Balaban J connectivity index is 1.84. The molecule has 0 saturated carbocycles. The molecule has 1 atom stereocenters. The minimum atomic E-state index is -4.60. The van der Waals surface area contributed by atoms with E-state index in [2.05, 4.69) is 15.3 Å². The van der Waals surface area contributed by atoms with E-state index in [1.54, 1.807) is 18.2 Å². The standard InChI is InChI=1S/C26H27F3N6O3/c1-4-18-21(22(30)34-24(31)33-18)15-8-9-20-19(12-15)35(11-10-32-14(2)36)23(37)25(3,38-20)16-6-5-7-17(13-16)26(27,28)29/h5-9,12-13H,4,10-11H2,1-3H3,(H,32,36)(H4,30,31,33,34).